The topological polar surface area (TPSA) is 42.7 Å². The van der Waals surface area contributed by atoms with Crippen LogP contribution >= 0.6 is 0 Å². The molecule has 1 unspecified atom stereocenters. The van der Waals surface area contributed by atoms with Crippen molar-refractivity contribution in [2.24, 2.45) is 0 Å². The first-order chi connectivity index (χ1) is 8.18. The smallest absolute Gasteiger partial charge is 0.217 e. The molecule has 94 valence electrons. The molecule has 1 aromatic heterocycles. The third-order valence-electron chi connectivity index (χ3n) is 3.63. The van der Waals surface area contributed by atoms with Crippen LogP contribution in [0.1, 0.15) is 30.8 Å². The van der Waals surface area contributed by atoms with Crippen LogP contribution in [0.15, 0.2) is 22.8 Å². The Kier molecular flexibility index (Phi) is 3.64. The zero-order valence-electron chi connectivity index (χ0n) is 10.4. The second-order valence-corrected chi connectivity index (χ2v) is 4.53. The monoisotopic (exact) mass is 237 g/mol. The van der Waals surface area contributed by atoms with Crippen molar-refractivity contribution in [3.8, 4) is 0 Å². The molecule has 0 amide bonds. The average Bonchev–Trinajstić information content (AvgIpc) is 2.92. The summed E-state index contributed by atoms with van der Waals surface area (Å²) in [7, 11) is 0. The van der Waals surface area contributed by atoms with Gasteiger partial charge in [0.25, 0.3) is 0 Å². The molecule has 2 rings (SSSR count). The predicted molar refractivity (Wildman–Crippen MR) is 64.1 cm³/mol. The molecule has 0 N–H and O–H groups in total. The number of nitrogens with zero attached hydrogens (tertiary/aromatic N) is 1. The Balaban J connectivity index is 2.20. The summed E-state index contributed by atoms with van der Waals surface area (Å²) in [5.74, 6) is 0.507. The number of hydrogen-bond acceptors (Lipinski definition) is 4. The van der Waals surface area contributed by atoms with Gasteiger partial charge in [0.2, 0.25) is 5.78 Å². The lowest BCUT2D eigenvalue weighted by Crippen LogP contribution is -2.55. The van der Waals surface area contributed by atoms with E-state index in [1.807, 2.05) is 13.8 Å². The lowest BCUT2D eigenvalue weighted by Gasteiger charge is -2.41. The van der Waals surface area contributed by atoms with E-state index in [-0.39, 0.29) is 5.78 Å². The van der Waals surface area contributed by atoms with Crippen LogP contribution in [0.25, 0.3) is 0 Å². The Morgan fingerprint density at radius 1 is 1.47 bits per heavy atom. The molecule has 1 fully saturated rings. The molecule has 0 saturated carbocycles. The normalized spacial score (nSPS) is 21.1. The third-order valence-corrected chi connectivity index (χ3v) is 3.63. The van der Waals surface area contributed by atoms with Gasteiger partial charge in [0.05, 0.1) is 25.0 Å². The van der Waals surface area contributed by atoms with Gasteiger partial charge < -0.3 is 9.15 Å². The van der Waals surface area contributed by atoms with Crippen LogP contribution in [0.2, 0.25) is 0 Å². The third kappa shape index (κ3) is 2.28. The highest BCUT2D eigenvalue weighted by Gasteiger charge is 2.40. The lowest BCUT2D eigenvalue weighted by atomic mass is 9.89. The number of carbonyl (C=O) groups is 1. The van der Waals surface area contributed by atoms with E-state index in [1.165, 1.54) is 0 Å². The molecule has 2 heterocycles. The zero-order valence-corrected chi connectivity index (χ0v) is 10.4. The molecule has 1 aromatic rings. The van der Waals surface area contributed by atoms with E-state index < -0.39 is 5.54 Å². The zero-order chi connectivity index (χ0) is 12.3. The summed E-state index contributed by atoms with van der Waals surface area (Å²) < 4.78 is 10.6. The van der Waals surface area contributed by atoms with Crippen molar-refractivity contribution in [2.45, 2.75) is 25.8 Å². The van der Waals surface area contributed by atoms with Gasteiger partial charge in [-0.05, 0) is 25.5 Å². The van der Waals surface area contributed by atoms with Crippen LogP contribution in [0.5, 0.6) is 0 Å². The highest BCUT2D eigenvalue weighted by Crippen LogP contribution is 2.25. The van der Waals surface area contributed by atoms with E-state index in [0.29, 0.717) is 19.0 Å². The van der Waals surface area contributed by atoms with Gasteiger partial charge in [-0.25, -0.2) is 0 Å². The fourth-order valence-corrected chi connectivity index (χ4v) is 2.26. The molecular weight excluding hydrogens is 218 g/mol. The fraction of sp³-hybridized carbons (Fsp3) is 0.615. The van der Waals surface area contributed by atoms with Crippen molar-refractivity contribution >= 4 is 5.78 Å². The molecule has 0 aromatic carbocycles. The molecule has 1 atom stereocenters. The van der Waals surface area contributed by atoms with Gasteiger partial charge in [0, 0.05) is 13.1 Å². The van der Waals surface area contributed by atoms with Gasteiger partial charge in [0.1, 0.15) is 0 Å². The molecule has 1 saturated heterocycles. The first-order valence-corrected chi connectivity index (χ1v) is 6.09. The maximum absolute atomic E-state index is 12.5. The largest absolute Gasteiger partial charge is 0.461 e. The van der Waals surface area contributed by atoms with Crippen molar-refractivity contribution in [2.75, 3.05) is 26.3 Å². The average molecular weight is 237 g/mol. The standard InChI is InChI=1S/C13H19NO3/c1-3-13(2,14-6-9-16-10-7-14)12(15)11-5-4-8-17-11/h4-5,8H,3,6-7,9-10H2,1-2H3. The summed E-state index contributed by atoms with van der Waals surface area (Å²) in [4.78, 5) is 14.7. The van der Waals surface area contributed by atoms with Gasteiger partial charge in [-0.2, -0.15) is 0 Å². The number of hydrogen-bond donors (Lipinski definition) is 0. The van der Waals surface area contributed by atoms with Crippen molar-refractivity contribution < 1.29 is 13.9 Å². The minimum Gasteiger partial charge on any atom is -0.461 e. The van der Waals surface area contributed by atoms with Crippen molar-refractivity contribution in [1.29, 1.82) is 0 Å². The minimum absolute atomic E-state index is 0.0619. The van der Waals surface area contributed by atoms with Gasteiger partial charge in [0.15, 0.2) is 5.76 Å². The Labute approximate surface area is 102 Å². The molecule has 0 spiro atoms. The Morgan fingerprint density at radius 2 is 2.18 bits per heavy atom. The van der Waals surface area contributed by atoms with Crippen molar-refractivity contribution in [3.05, 3.63) is 24.2 Å². The second kappa shape index (κ2) is 5.02. The highest BCUT2D eigenvalue weighted by atomic mass is 16.5. The number of ether oxygens (including phenoxy) is 1. The first-order valence-electron chi connectivity index (χ1n) is 6.09. The number of morpholine rings is 1. The van der Waals surface area contributed by atoms with Crippen LogP contribution in [-0.2, 0) is 4.74 Å². The van der Waals surface area contributed by atoms with Crippen LogP contribution in [0.3, 0.4) is 0 Å². The molecule has 0 radical (unpaired) electrons. The van der Waals surface area contributed by atoms with Crippen molar-refractivity contribution in [3.63, 3.8) is 0 Å². The van der Waals surface area contributed by atoms with Crippen LogP contribution in [0.4, 0.5) is 0 Å². The van der Waals surface area contributed by atoms with Gasteiger partial charge >= 0.3 is 0 Å². The number of ketones is 1. The fourth-order valence-electron chi connectivity index (χ4n) is 2.26. The Hall–Kier alpha value is -1.13. The first kappa shape index (κ1) is 12.3. The highest BCUT2D eigenvalue weighted by molar-refractivity contribution is 6.00. The van der Waals surface area contributed by atoms with E-state index in [1.54, 1.807) is 18.4 Å². The van der Waals surface area contributed by atoms with Crippen LogP contribution in [-0.4, -0.2) is 42.5 Å². The summed E-state index contributed by atoms with van der Waals surface area (Å²) >= 11 is 0. The van der Waals surface area contributed by atoms with Crippen molar-refractivity contribution in [1.82, 2.24) is 4.90 Å². The molecule has 17 heavy (non-hydrogen) atoms. The van der Waals surface area contributed by atoms with Crippen LogP contribution in [0, 0.1) is 0 Å². The quantitative estimate of drug-likeness (QED) is 0.751. The second-order valence-electron chi connectivity index (χ2n) is 4.53. The number of furan rings is 1. The molecule has 0 bridgehead atoms. The number of carbonyl (C=O) groups excluding carboxylic acids is 1. The molecule has 1 aliphatic rings. The molecular formula is C13H19NO3. The predicted octanol–water partition coefficient (Wildman–Crippen LogP) is 1.96. The maximum Gasteiger partial charge on any atom is 0.217 e. The van der Waals surface area contributed by atoms with Gasteiger partial charge in [-0.15, -0.1) is 0 Å². The van der Waals surface area contributed by atoms with Crippen LogP contribution < -0.4 is 0 Å². The Bertz CT molecular complexity index is 368. The number of rotatable bonds is 4. The van der Waals surface area contributed by atoms with Gasteiger partial charge in [-0.3, -0.25) is 9.69 Å². The summed E-state index contributed by atoms with van der Waals surface area (Å²) in [6, 6.07) is 3.49. The van der Waals surface area contributed by atoms with Gasteiger partial charge in [-0.1, -0.05) is 6.92 Å². The van der Waals surface area contributed by atoms with E-state index in [9.17, 15) is 4.79 Å². The van der Waals surface area contributed by atoms with E-state index in [2.05, 4.69) is 4.90 Å². The summed E-state index contributed by atoms with van der Waals surface area (Å²) in [6.07, 6.45) is 2.31. The summed E-state index contributed by atoms with van der Waals surface area (Å²) in [5, 5.41) is 0. The molecule has 1 aliphatic heterocycles. The summed E-state index contributed by atoms with van der Waals surface area (Å²) in [6.45, 7) is 7.02. The van der Waals surface area contributed by atoms with E-state index >= 15 is 0 Å². The van der Waals surface area contributed by atoms with E-state index in [0.717, 1.165) is 19.5 Å². The Morgan fingerprint density at radius 3 is 2.71 bits per heavy atom. The number of Topliss-reactive ketones (excluding diaryl/α,β-unsaturated/α-hetero) is 1. The van der Waals surface area contributed by atoms with E-state index in [4.69, 9.17) is 9.15 Å². The molecule has 4 heteroatoms. The lowest BCUT2D eigenvalue weighted by molar-refractivity contribution is -0.0115. The SMILES string of the molecule is CCC(C)(C(=O)c1ccco1)N1CCOCC1. The molecule has 0 aliphatic carbocycles. The summed E-state index contributed by atoms with van der Waals surface area (Å²) in [5.41, 5.74) is -0.484. The maximum atomic E-state index is 12.5. The molecule has 4 nitrogen and oxygen atoms in total. The minimum atomic E-state index is -0.484.